The number of nitrogens with one attached hydrogen (secondary N) is 2. The van der Waals surface area contributed by atoms with Gasteiger partial charge >= 0.3 is 0 Å². The van der Waals surface area contributed by atoms with Gasteiger partial charge in [0.05, 0.1) is 16.2 Å². The second-order valence-electron chi connectivity index (χ2n) is 6.72. The van der Waals surface area contributed by atoms with Gasteiger partial charge in [-0.05, 0) is 49.6 Å². The maximum absolute atomic E-state index is 12.9. The van der Waals surface area contributed by atoms with E-state index in [1.165, 1.54) is 19.1 Å². The summed E-state index contributed by atoms with van der Waals surface area (Å²) in [6.07, 6.45) is 3.21. The van der Waals surface area contributed by atoms with Crippen LogP contribution in [0.3, 0.4) is 0 Å². The number of carbonyl (C=O) groups is 2. The lowest BCUT2D eigenvalue weighted by molar-refractivity contribution is -0.384. The summed E-state index contributed by atoms with van der Waals surface area (Å²) in [5.74, 6) is -0.587. The highest BCUT2D eigenvalue weighted by atomic mass is 16.6. The Bertz CT molecular complexity index is 890. The van der Waals surface area contributed by atoms with E-state index < -0.39 is 10.8 Å². The van der Waals surface area contributed by atoms with Gasteiger partial charge in [0, 0.05) is 43.5 Å². The quantitative estimate of drug-likeness (QED) is 0.605. The molecule has 1 aliphatic heterocycles. The molecule has 8 nitrogen and oxygen atoms in total. The molecular weight excluding hydrogens is 360 g/mol. The van der Waals surface area contributed by atoms with Crippen molar-refractivity contribution in [3.63, 3.8) is 0 Å². The Morgan fingerprint density at radius 2 is 1.57 bits per heavy atom. The second-order valence-corrected chi connectivity index (χ2v) is 6.72. The van der Waals surface area contributed by atoms with Crippen molar-refractivity contribution in [2.24, 2.45) is 0 Å². The number of piperidine rings is 1. The molecule has 0 saturated carbocycles. The van der Waals surface area contributed by atoms with Gasteiger partial charge in [0.2, 0.25) is 5.91 Å². The number of nitrogens with zero attached hydrogens (tertiary/aromatic N) is 2. The standard InChI is InChI=1S/C20H22N4O4/c1-14(25)21-15-5-7-16(8-6-15)22-20(26)18-13-17(24(27)28)9-10-19(18)23-11-3-2-4-12-23/h5-10,13H,2-4,11-12H2,1H3,(H,21,25)(H,22,26). The minimum absolute atomic E-state index is 0.119. The fourth-order valence-electron chi connectivity index (χ4n) is 3.27. The number of non-ortho nitro benzene ring substituents is 1. The van der Waals surface area contributed by atoms with Crippen LogP contribution in [0, 0.1) is 10.1 Å². The van der Waals surface area contributed by atoms with Gasteiger partial charge in [0.1, 0.15) is 0 Å². The number of benzene rings is 2. The fraction of sp³-hybridized carbons (Fsp3) is 0.300. The van der Waals surface area contributed by atoms with E-state index in [1.807, 2.05) is 0 Å². The summed E-state index contributed by atoms with van der Waals surface area (Å²) >= 11 is 0. The topological polar surface area (TPSA) is 105 Å². The number of rotatable bonds is 5. The number of amides is 2. The molecule has 28 heavy (non-hydrogen) atoms. The molecule has 0 unspecified atom stereocenters. The molecule has 1 saturated heterocycles. The van der Waals surface area contributed by atoms with Crippen LogP contribution in [0.1, 0.15) is 36.5 Å². The first-order chi connectivity index (χ1) is 13.4. The molecular formula is C20H22N4O4. The summed E-state index contributed by atoms with van der Waals surface area (Å²) in [5, 5.41) is 16.6. The lowest BCUT2D eigenvalue weighted by Gasteiger charge is -2.30. The van der Waals surface area contributed by atoms with Crippen molar-refractivity contribution in [3.8, 4) is 0 Å². The van der Waals surface area contributed by atoms with E-state index in [1.54, 1.807) is 30.3 Å². The molecule has 0 aliphatic carbocycles. The van der Waals surface area contributed by atoms with Crippen LogP contribution in [-0.2, 0) is 4.79 Å². The van der Waals surface area contributed by atoms with E-state index in [0.29, 0.717) is 17.1 Å². The largest absolute Gasteiger partial charge is 0.371 e. The van der Waals surface area contributed by atoms with E-state index >= 15 is 0 Å². The predicted octanol–water partition coefficient (Wildman–Crippen LogP) is 3.80. The van der Waals surface area contributed by atoms with E-state index in [2.05, 4.69) is 15.5 Å². The predicted molar refractivity (Wildman–Crippen MR) is 108 cm³/mol. The molecule has 1 heterocycles. The van der Waals surface area contributed by atoms with Crippen molar-refractivity contribution in [1.82, 2.24) is 0 Å². The highest BCUT2D eigenvalue weighted by molar-refractivity contribution is 6.08. The van der Waals surface area contributed by atoms with Crippen molar-refractivity contribution in [2.45, 2.75) is 26.2 Å². The molecule has 2 N–H and O–H groups in total. The fourth-order valence-corrected chi connectivity index (χ4v) is 3.27. The average molecular weight is 382 g/mol. The van der Waals surface area contributed by atoms with Crippen LogP contribution in [-0.4, -0.2) is 29.8 Å². The number of hydrogen-bond donors (Lipinski definition) is 2. The molecule has 2 aromatic carbocycles. The van der Waals surface area contributed by atoms with Gasteiger partial charge in [-0.15, -0.1) is 0 Å². The molecule has 8 heteroatoms. The molecule has 1 fully saturated rings. The van der Waals surface area contributed by atoms with Gasteiger partial charge in [-0.3, -0.25) is 19.7 Å². The molecule has 1 aliphatic rings. The third kappa shape index (κ3) is 4.64. The Labute approximate surface area is 162 Å². The summed E-state index contributed by atoms with van der Waals surface area (Å²) in [5.41, 5.74) is 2.02. The molecule has 3 rings (SSSR count). The van der Waals surface area contributed by atoms with E-state index in [4.69, 9.17) is 0 Å². The molecule has 0 bridgehead atoms. The molecule has 2 aromatic rings. The first-order valence-electron chi connectivity index (χ1n) is 9.16. The molecule has 0 aromatic heterocycles. The maximum Gasteiger partial charge on any atom is 0.270 e. The number of carbonyl (C=O) groups excluding carboxylic acids is 2. The first-order valence-corrected chi connectivity index (χ1v) is 9.16. The van der Waals surface area contributed by atoms with Crippen LogP contribution in [0.4, 0.5) is 22.7 Å². The lowest BCUT2D eigenvalue weighted by Crippen LogP contribution is -2.31. The highest BCUT2D eigenvalue weighted by Gasteiger charge is 2.22. The molecule has 0 atom stereocenters. The Hall–Kier alpha value is -3.42. The number of nitro groups is 1. The van der Waals surface area contributed by atoms with Gasteiger partial charge in [-0.2, -0.15) is 0 Å². The number of anilines is 3. The number of nitro benzene ring substituents is 1. The minimum atomic E-state index is -0.501. The Kier molecular flexibility index (Phi) is 5.88. The van der Waals surface area contributed by atoms with Gasteiger partial charge in [-0.1, -0.05) is 0 Å². The summed E-state index contributed by atoms with van der Waals surface area (Å²) < 4.78 is 0. The third-order valence-corrected chi connectivity index (χ3v) is 4.60. The normalized spacial score (nSPS) is 13.7. The molecule has 146 valence electrons. The minimum Gasteiger partial charge on any atom is -0.371 e. The van der Waals surface area contributed by atoms with Crippen LogP contribution in [0.2, 0.25) is 0 Å². The summed E-state index contributed by atoms with van der Waals surface area (Å²) in [7, 11) is 0. The molecule has 0 radical (unpaired) electrons. The summed E-state index contributed by atoms with van der Waals surface area (Å²) in [6, 6.07) is 11.1. The highest BCUT2D eigenvalue weighted by Crippen LogP contribution is 2.29. The van der Waals surface area contributed by atoms with Crippen LogP contribution in [0.15, 0.2) is 42.5 Å². The zero-order valence-corrected chi connectivity index (χ0v) is 15.6. The van der Waals surface area contributed by atoms with Crippen LogP contribution < -0.4 is 15.5 Å². The smallest absolute Gasteiger partial charge is 0.270 e. The Balaban J connectivity index is 1.85. The van der Waals surface area contributed by atoms with Crippen LogP contribution in [0.5, 0.6) is 0 Å². The summed E-state index contributed by atoms with van der Waals surface area (Å²) in [4.78, 5) is 36.8. The van der Waals surface area contributed by atoms with Crippen molar-refractivity contribution in [1.29, 1.82) is 0 Å². The average Bonchev–Trinajstić information content (AvgIpc) is 2.69. The molecule has 2 amide bonds. The van der Waals surface area contributed by atoms with Crippen molar-refractivity contribution in [3.05, 3.63) is 58.1 Å². The Morgan fingerprint density at radius 3 is 2.14 bits per heavy atom. The van der Waals surface area contributed by atoms with Crippen molar-refractivity contribution >= 4 is 34.6 Å². The van der Waals surface area contributed by atoms with Gasteiger partial charge in [-0.25, -0.2) is 0 Å². The van der Waals surface area contributed by atoms with Crippen molar-refractivity contribution in [2.75, 3.05) is 28.6 Å². The van der Waals surface area contributed by atoms with Crippen LogP contribution >= 0.6 is 0 Å². The Morgan fingerprint density at radius 1 is 0.964 bits per heavy atom. The number of hydrogen-bond acceptors (Lipinski definition) is 5. The molecule has 0 spiro atoms. The van der Waals surface area contributed by atoms with Gasteiger partial charge in [0.15, 0.2) is 0 Å². The second kappa shape index (κ2) is 8.51. The lowest BCUT2D eigenvalue weighted by atomic mass is 10.1. The van der Waals surface area contributed by atoms with E-state index in [0.717, 1.165) is 32.4 Å². The summed E-state index contributed by atoms with van der Waals surface area (Å²) in [6.45, 7) is 3.06. The zero-order chi connectivity index (χ0) is 20.1. The van der Waals surface area contributed by atoms with E-state index in [9.17, 15) is 19.7 Å². The monoisotopic (exact) mass is 382 g/mol. The first kappa shape index (κ1) is 19.3. The SMILES string of the molecule is CC(=O)Nc1ccc(NC(=O)c2cc([N+](=O)[O-])ccc2N2CCCCC2)cc1. The van der Waals surface area contributed by atoms with Gasteiger partial charge in [0.25, 0.3) is 11.6 Å². The van der Waals surface area contributed by atoms with Gasteiger partial charge < -0.3 is 15.5 Å². The van der Waals surface area contributed by atoms with Crippen LogP contribution in [0.25, 0.3) is 0 Å². The van der Waals surface area contributed by atoms with Crippen molar-refractivity contribution < 1.29 is 14.5 Å². The van der Waals surface area contributed by atoms with E-state index in [-0.39, 0.29) is 17.2 Å². The zero-order valence-electron chi connectivity index (χ0n) is 15.6. The third-order valence-electron chi connectivity index (χ3n) is 4.60. The maximum atomic E-state index is 12.9.